The van der Waals surface area contributed by atoms with Gasteiger partial charge in [-0.05, 0) is 25.5 Å². The molecule has 1 atom stereocenters. The van der Waals surface area contributed by atoms with Crippen LogP contribution in [0.3, 0.4) is 0 Å². The third-order valence-corrected chi connectivity index (χ3v) is 3.74. The van der Waals surface area contributed by atoms with Crippen LogP contribution in [0.15, 0.2) is 23.6 Å². The molecule has 1 saturated heterocycles. The normalized spacial score (nSPS) is 21.9. The zero-order valence-corrected chi connectivity index (χ0v) is 9.57. The summed E-state index contributed by atoms with van der Waals surface area (Å²) in [6, 6.07) is 1.52. The molecule has 0 radical (unpaired) electrons. The van der Waals surface area contributed by atoms with Crippen LogP contribution >= 0.6 is 0 Å². The first-order chi connectivity index (χ1) is 7.68. The summed E-state index contributed by atoms with van der Waals surface area (Å²) in [5.41, 5.74) is 0. The summed E-state index contributed by atoms with van der Waals surface area (Å²) >= 11 is 0. The highest BCUT2D eigenvalue weighted by Crippen LogP contribution is 2.06. The van der Waals surface area contributed by atoms with Crippen molar-refractivity contribution in [1.82, 2.24) is 20.0 Å². The lowest BCUT2D eigenvalue weighted by Crippen LogP contribution is -2.45. The molecule has 0 amide bonds. The van der Waals surface area contributed by atoms with Crippen LogP contribution in [0.2, 0.25) is 0 Å². The number of hydrogen-bond acceptors (Lipinski definition) is 5. The van der Waals surface area contributed by atoms with Gasteiger partial charge in [-0.1, -0.05) is 0 Å². The van der Waals surface area contributed by atoms with Crippen LogP contribution in [-0.2, 0) is 10.0 Å². The van der Waals surface area contributed by atoms with E-state index in [0.717, 1.165) is 19.4 Å². The first-order valence-electron chi connectivity index (χ1n) is 5.18. The molecule has 7 heteroatoms. The molecule has 2 heterocycles. The van der Waals surface area contributed by atoms with Gasteiger partial charge in [0.05, 0.1) is 0 Å². The predicted octanol–water partition coefficient (Wildman–Crippen LogP) is -0.493. The molecule has 0 aromatic carbocycles. The highest BCUT2D eigenvalue weighted by Gasteiger charge is 2.23. The van der Waals surface area contributed by atoms with Crippen LogP contribution in [-0.4, -0.2) is 37.5 Å². The van der Waals surface area contributed by atoms with E-state index in [1.807, 2.05) is 0 Å². The fourth-order valence-corrected chi connectivity index (χ4v) is 2.79. The van der Waals surface area contributed by atoms with Gasteiger partial charge in [0, 0.05) is 25.0 Å². The topological polar surface area (TPSA) is 84.0 Å². The number of nitrogens with one attached hydrogen (secondary N) is 2. The van der Waals surface area contributed by atoms with Gasteiger partial charge in [0.25, 0.3) is 15.2 Å². The molecule has 0 spiro atoms. The number of rotatable bonds is 3. The Hall–Kier alpha value is -1.05. The lowest BCUT2D eigenvalue weighted by atomic mass is 10.1. The largest absolute Gasteiger partial charge is 0.315 e. The van der Waals surface area contributed by atoms with Crippen LogP contribution in [0.4, 0.5) is 0 Å². The van der Waals surface area contributed by atoms with E-state index in [0.29, 0.717) is 6.54 Å². The Morgan fingerprint density at radius 2 is 2.12 bits per heavy atom. The summed E-state index contributed by atoms with van der Waals surface area (Å²) in [5.74, 6) is 0. The maximum Gasteiger partial charge on any atom is 0.276 e. The maximum atomic E-state index is 11.8. The van der Waals surface area contributed by atoms with Crippen molar-refractivity contribution >= 4 is 10.0 Å². The Labute approximate surface area is 94.6 Å². The molecule has 1 aromatic rings. The molecule has 1 aromatic heterocycles. The van der Waals surface area contributed by atoms with Crippen LogP contribution in [0.5, 0.6) is 0 Å². The van der Waals surface area contributed by atoms with Crippen molar-refractivity contribution in [3.63, 3.8) is 0 Å². The molecular formula is C9H14N4O2S. The van der Waals surface area contributed by atoms with Gasteiger partial charge in [-0.2, -0.15) is 0 Å². The highest BCUT2D eigenvalue weighted by molar-refractivity contribution is 7.89. The van der Waals surface area contributed by atoms with Crippen molar-refractivity contribution in [1.29, 1.82) is 0 Å². The highest BCUT2D eigenvalue weighted by atomic mass is 32.2. The van der Waals surface area contributed by atoms with E-state index in [9.17, 15) is 8.42 Å². The van der Waals surface area contributed by atoms with Gasteiger partial charge >= 0.3 is 0 Å². The summed E-state index contributed by atoms with van der Waals surface area (Å²) in [7, 11) is -3.57. The second-order valence-corrected chi connectivity index (χ2v) is 5.30. The fourth-order valence-electron chi connectivity index (χ4n) is 1.65. The molecule has 16 heavy (non-hydrogen) atoms. The Morgan fingerprint density at radius 3 is 2.75 bits per heavy atom. The molecule has 88 valence electrons. The molecule has 2 rings (SSSR count). The summed E-state index contributed by atoms with van der Waals surface area (Å²) in [4.78, 5) is 7.47. The zero-order chi connectivity index (χ0) is 11.4. The minimum atomic E-state index is -3.57. The predicted molar refractivity (Wildman–Crippen MR) is 58.2 cm³/mol. The summed E-state index contributed by atoms with van der Waals surface area (Å²) in [6.45, 7) is 1.60. The average molecular weight is 242 g/mol. The van der Waals surface area contributed by atoms with Gasteiger partial charge in [0.2, 0.25) is 0 Å². The first-order valence-corrected chi connectivity index (χ1v) is 6.67. The van der Waals surface area contributed by atoms with E-state index >= 15 is 0 Å². The minimum Gasteiger partial charge on any atom is -0.315 e. The van der Waals surface area contributed by atoms with Crippen molar-refractivity contribution in [3.05, 3.63) is 18.5 Å². The number of aromatic nitrogens is 2. The molecule has 2 N–H and O–H groups in total. The maximum absolute atomic E-state index is 11.8. The van der Waals surface area contributed by atoms with E-state index in [4.69, 9.17) is 0 Å². The molecule has 0 saturated carbocycles. The lowest BCUT2D eigenvalue weighted by molar-refractivity contribution is 0.427. The standard InChI is InChI=1S/C9H14N4O2S/c14-16(15,9-11-5-2-6-12-9)13-8-3-1-4-10-7-8/h2,5-6,8,10,13H,1,3-4,7H2/t8-/m0/s1. The molecule has 0 aliphatic carbocycles. The number of hydrogen-bond donors (Lipinski definition) is 2. The Kier molecular flexibility index (Phi) is 3.47. The number of sulfonamides is 1. The van der Waals surface area contributed by atoms with Gasteiger partial charge in [0.15, 0.2) is 0 Å². The van der Waals surface area contributed by atoms with E-state index < -0.39 is 10.0 Å². The third-order valence-electron chi connectivity index (χ3n) is 2.40. The molecule has 1 fully saturated rings. The molecule has 1 aliphatic rings. The van der Waals surface area contributed by atoms with E-state index in [2.05, 4.69) is 20.0 Å². The van der Waals surface area contributed by atoms with Crippen molar-refractivity contribution in [2.24, 2.45) is 0 Å². The van der Waals surface area contributed by atoms with Crippen LogP contribution in [0.25, 0.3) is 0 Å². The molecule has 1 aliphatic heterocycles. The Morgan fingerprint density at radius 1 is 1.38 bits per heavy atom. The van der Waals surface area contributed by atoms with Crippen molar-refractivity contribution in [3.8, 4) is 0 Å². The van der Waals surface area contributed by atoms with Crippen molar-refractivity contribution < 1.29 is 8.42 Å². The number of nitrogens with zero attached hydrogens (tertiary/aromatic N) is 2. The van der Waals surface area contributed by atoms with E-state index in [-0.39, 0.29) is 11.2 Å². The van der Waals surface area contributed by atoms with Crippen molar-refractivity contribution in [2.45, 2.75) is 24.0 Å². The van der Waals surface area contributed by atoms with Gasteiger partial charge < -0.3 is 5.32 Å². The quantitative estimate of drug-likeness (QED) is 0.699. The van der Waals surface area contributed by atoms with Crippen LogP contribution in [0, 0.1) is 0 Å². The fraction of sp³-hybridized carbons (Fsp3) is 0.556. The van der Waals surface area contributed by atoms with E-state index in [1.54, 1.807) is 6.07 Å². The van der Waals surface area contributed by atoms with Crippen LogP contribution < -0.4 is 10.0 Å². The second-order valence-electron chi connectivity index (χ2n) is 3.70. The molecule has 0 unspecified atom stereocenters. The SMILES string of the molecule is O=S(=O)(N[C@H]1CCCNC1)c1ncccn1. The summed E-state index contributed by atoms with van der Waals surface area (Å²) in [6.07, 6.45) is 4.66. The Bertz CT molecular complexity index is 428. The monoisotopic (exact) mass is 242 g/mol. The summed E-state index contributed by atoms with van der Waals surface area (Å²) < 4.78 is 26.3. The smallest absolute Gasteiger partial charge is 0.276 e. The van der Waals surface area contributed by atoms with Gasteiger partial charge in [-0.15, -0.1) is 0 Å². The molecule has 6 nitrogen and oxygen atoms in total. The van der Waals surface area contributed by atoms with Gasteiger partial charge in [-0.3, -0.25) is 0 Å². The second kappa shape index (κ2) is 4.86. The molecular weight excluding hydrogens is 228 g/mol. The van der Waals surface area contributed by atoms with Crippen molar-refractivity contribution in [2.75, 3.05) is 13.1 Å². The average Bonchev–Trinajstić information content (AvgIpc) is 2.31. The van der Waals surface area contributed by atoms with Crippen LogP contribution in [0.1, 0.15) is 12.8 Å². The first kappa shape index (κ1) is 11.4. The summed E-state index contributed by atoms with van der Waals surface area (Å²) in [5, 5.41) is 2.97. The number of piperidine rings is 1. The Balaban J connectivity index is 2.08. The van der Waals surface area contributed by atoms with E-state index in [1.165, 1.54) is 12.4 Å². The lowest BCUT2D eigenvalue weighted by Gasteiger charge is -2.22. The molecule has 0 bridgehead atoms. The van der Waals surface area contributed by atoms with Gasteiger partial charge in [-0.25, -0.2) is 23.1 Å². The third kappa shape index (κ3) is 2.75. The zero-order valence-electron chi connectivity index (χ0n) is 8.76. The minimum absolute atomic E-state index is 0.0671. The van der Waals surface area contributed by atoms with Gasteiger partial charge in [0.1, 0.15) is 0 Å².